The van der Waals surface area contributed by atoms with E-state index in [1.54, 1.807) is 0 Å². The summed E-state index contributed by atoms with van der Waals surface area (Å²) >= 11 is 0. The highest BCUT2D eigenvalue weighted by molar-refractivity contribution is 4.89. The Morgan fingerprint density at radius 2 is 1.61 bits per heavy atom. The van der Waals surface area contributed by atoms with Gasteiger partial charge in [-0.1, -0.05) is 45.4 Å². The van der Waals surface area contributed by atoms with Crippen molar-refractivity contribution < 1.29 is 0 Å². The van der Waals surface area contributed by atoms with E-state index < -0.39 is 0 Å². The number of nitrogens with two attached hydrogens (primary N) is 1. The molecule has 2 aliphatic rings. The van der Waals surface area contributed by atoms with E-state index >= 15 is 0 Å². The van der Waals surface area contributed by atoms with Crippen molar-refractivity contribution in [2.45, 2.75) is 77.2 Å². The van der Waals surface area contributed by atoms with Crippen LogP contribution in [0.1, 0.15) is 71.1 Å². The molecule has 0 bridgehead atoms. The lowest BCUT2D eigenvalue weighted by atomic mass is 9.73. The van der Waals surface area contributed by atoms with Gasteiger partial charge in [0.15, 0.2) is 0 Å². The maximum absolute atomic E-state index is 6.14. The lowest BCUT2D eigenvalue weighted by Crippen LogP contribution is -2.48. The van der Waals surface area contributed by atoms with Crippen molar-refractivity contribution >= 4 is 0 Å². The molecule has 18 heavy (non-hydrogen) atoms. The topological polar surface area (TPSA) is 29.3 Å². The average molecular weight is 252 g/mol. The monoisotopic (exact) mass is 252 g/mol. The summed E-state index contributed by atoms with van der Waals surface area (Å²) in [6, 6.07) is 0.856. The molecule has 2 saturated carbocycles. The largest absolute Gasteiger partial charge is 0.330 e. The maximum atomic E-state index is 6.14. The number of hydrogen-bond acceptors (Lipinski definition) is 2. The first-order valence-electron chi connectivity index (χ1n) is 8.24. The first-order valence-corrected chi connectivity index (χ1v) is 8.24. The van der Waals surface area contributed by atoms with Crippen molar-refractivity contribution in [1.82, 2.24) is 4.90 Å². The van der Waals surface area contributed by atoms with E-state index in [-0.39, 0.29) is 0 Å². The number of rotatable bonds is 5. The van der Waals surface area contributed by atoms with Gasteiger partial charge in [-0.15, -0.1) is 0 Å². The van der Waals surface area contributed by atoms with Crippen LogP contribution in [0.4, 0.5) is 0 Å². The van der Waals surface area contributed by atoms with Gasteiger partial charge in [0.05, 0.1) is 0 Å². The van der Waals surface area contributed by atoms with Crippen molar-refractivity contribution in [2.75, 3.05) is 19.6 Å². The van der Waals surface area contributed by atoms with E-state index in [0.717, 1.165) is 12.6 Å². The Bertz CT molecular complexity index is 227. The molecule has 0 heterocycles. The zero-order chi connectivity index (χ0) is 12.8. The van der Waals surface area contributed by atoms with Crippen LogP contribution in [-0.4, -0.2) is 30.6 Å². The molecular formula is C16H32N2. The predicted molar refractivity (Wildman–Crippen MR) is 78.7 cm³/mol. The summed E-state index contributed by atoms with van der Waals surface area (Å²) in [5.41, 5.74) is 6.59. The van der Waals surface area contributed by atoms with E-state index in [0.29, 0.717) is 5.41 Å². The third kappa shape index (κ3) is 3.48. The van der Waals surface area contributed by atoms with Crippen molar-refractivity contribution in [1.29, 1.82) is 0 Å². The zero-order valence-electron chi connectivity index (χ0n) is 12.3. The van der Waals surface area contributed by atoms with Crippen molar-refractivity contribution in [3.05, 3.63) is 0 Å². The molecule has 0 radical (unpaired) electrons. The third-order valence-corrected chi connectivity index (χ3v) is 5.38. The van der Waals surface area contributed by atoms with Crippen LogP contribution in [0, 0.1) is 5.41 Å². The standard InChI is InChI=1S/C16H32N2/c1-2-18(15-9-5-3-6-10-15)14-16(13-17)11-7-4-8-12-16/h15H,2-14,17H2,1H3. The molecule has 2 aliphatic carbocycles. The number of hydrogen-bond donors (Lipinski definition) is 1. The van der Waals surface area contributed by atoms with E-state index in [4.69, 9.17) is 5.73 Å². The minimum absolute atomic E-state index is 0.450. The van der Waals surface area contributed by atoms with Crippen LogP contribution < -0.4 is 5.73 Å². The summed E-state index contributed by atoms with van der Waals surface area (Å²) in [6.45, 7) is 5.72. The molecule has 2 nitrogen and oxygen atoms in total. The molecule has 0 amide bonds. The van der Waals surface area contributed by atoms with Gasteiger partial charge in [-0.2, -0.15) is 0 Å². The highest BCUT2D eigenvalue weighted by Crippen LogP contribution is 2.37. The summed E-state index contributed by atoms with van der Waals surface area (Å²) in [5, 5.41) is 0. The quantitative estimate of drug-likeness (QED) is 0.811. The molecule has 0 aromatic carbocycles. The van der Waals surface area contributed by atoms with Gasteiger partial charge in [-0.3, -0.25) is 0 Å². The van der Waals surface area contributed by atoms with Crippen LogP contribution in [0.2, 0.25) is 0 Å². The van der Waals surface area contributed by atoms with Gasteiger partial charge >= 0.3 is 0 Å². The van der Waals surface area contributed by atoms with Crippen molar-refractivity contribution in [2.24, 2.45) is 11.1 Å². The molecule has 0 unspecified atom stereocenters. The van der Waals surface area contributed by atoms with E-state index in [2.05, 4.69) is 11.8 Å². The predicted octanol–water partition coefficient (Wildman–Crippen LogP) is 3.55. The van der Waals surface area contributed by atoms with Crippen LogP contribution >= 0.6 is 0 Å². The molecule has 2 fully saturated rings. The van der Waals surface area contributed by atoms with Crippen LogP contribution in [0.25, 0.3) is 0 Å². The Balaban J connectivity index is 1.94. The Kier molecular flexibility index (Phi) is 5.50. The molecular weight excluding hydrogens is 220 g/mol. The van der Waals surface area contributed by atoms with Crippen molar-refractivity contribution in [3.63, 3.8) is 0 Å². The Labute approximate surface area is 113 Å². The van der Waals surface area contributed by atoms with Crippen LogP contribution in [-0.2, 0) is 0 Å². The first kappa shape index (κ1) is 14.3. The molecule has 0 saturated heterocycles. The van der Waals surface area contributed by atoms with E-state index in [9.17, 15) is 0 Å². The molecule has 2 N–H and O–H groups in total. The van der Waals surface area contributed by atoms with E-state index in [1.165, 1.54) is 77.3 Å². The van der Waals surface area contributed by atoms with Crippen LogP contribution in [0.15, 0.2) is 0 Å². The molecule has 0 aromatic heterocycles. The average Bonchev–Trinajstić information content (AvgIpc) is 2.47. The molecule has 0 aliphatic heterocycles. The maximum Gasteiger partial charge on any atom is 0.00953 e. The lowest BCUT2D eigenvalue weighted by molar-refractivity contribution is 0.0705. The fourth-order valence-electron chi connectivity index (χ4n) is 4.10. The number of nitrogens with zero attached hydrogens (tertiary/aromatic N) is 1. The smallest absolute Gasteiger partial charge is 0.00953 e. The van der Waals surface area contributed by atoms with Gasteiger partial charge in [0.25, 0.3) is 0 Å². The molecule has 0 atom stereocenters. The minimum atomic E-state index is 0.450. The van der Waals surface area contributed by atoms with Crippen LogP contribution in [0.5, 0.6) is 0 Å². The summed E-state index contributed by atoms with van der Waals surface area (Å²) in [7, 11) is 0. The molecule has 2 heteroatoms. The van der Waals surface area contributed by atoms with Gasteiger partial charge < -0.3 is 10.6 Å². The molecule has 106 valence electrons. The second-order valence-corrected chi connectivity index (χ2v) is 6.62. The van der Waals surface area contributed by atoms with Gasteiger partial charge in [-0.05, 0) is 44.2 Å². The highest BCUT2D eigenvalue weighted by atomic mass is 15.2. The lowest BCUT2D eigenvalue weighted by Gasteiger charge is -2.43. The molecule has 0 aromatic rings. The second kappa shape index (κ2) is 6.91. The summed E-state index contributed by atoms with van der Waals surface area (Å²) in [4.78, 5) is 2.76. The minimum Gasteiger partial charge on any atom is -0.330 e. The van der Waals surface area contributed by atoms with Gasteiger partial charge in [0.1, 0.15) is 0 Å². The highest BCUT2D eigenvalue weighted by Gasteiger charge is 2.34. The zero-order valence-corrected chi connectivity index (χ0v) is 12.3. The Morgan fingerprint density at radius 1 is 1.00 bits per heavy atom. The summed E-state index contributed by atoms with van der Waals surface area (Å²) in [6.07, 6.45) is 14.2. The third-order valence-electron chi connectivity index (χ3n) is 5.38. The van der Waals surface area contributed by atoms with Crippen molar-refractivity contribution in [3.8, 4) is 0 Å². The van der Waals surface area contributed by atoms with E-state index in [1.807, 2.05) is 0 Å². The fraction of sp³-hybridized carbons (Fsp3) is 1.00. The first-order chi connectivity index (χ1) is 8.79. The Hall–Kier alpha value is -0.0800. The molecule has 2 rings (SSSR count). The Morgan fingerprint density at radius 3 is 2.17 bits per heavy atom. The fourth-order valence-corrected chi connectivity index (χ4v) is 4.10. The second-order valence-electron chi connectivity index (χ2n) is 6.62. The summed E-state index contributed by atoms with van der Waals surface area (Å²) < 4.78 is 0. The van der Waals surface area contributed by atoms with Gasteiger partial charge in [-0.25, -0.2) is 0 Å². The molecule has 0 spiro atoms. The summed E-state index contributed by atoms with van der Waals surface area (Å²) in [5.74, 6) is 0. The normalized spacial score (nSPS) is 25.5. The van der Waals surface area contributed by atoms with Gasteiger partial charge in [0, 0.05) is 12.6 Å². The van der Waals surface area contributed by atoms with Gasteiger partial charge in [0.2, 0.25) is 0 Å². The van der Waals surface area contributed by atoms with Crippen LogP contribution in [0.3, 0.4) is 0 Å². The SMILES string of the molecule is CCN(CC1(CN)CCCCC1)C1CCCCC1.